The Morgan fingerprint density at radius 2 is 0.933 bits per heavy atom. The summed E-state index contributed by atoms with van der Waals surface area (Å²) in [7, 11) is -1.34. The normalized spacial score (nSPS) is 26.0. The summed E-state index contributed by atoms with van der Waals surface area (Å²) in [5.74, 6) is 0. The van der Waals surface area contributed by atoms with Crippen molar-refractivity contribution in [3.05, 3.63) is 0 Å². The third kappa shape index (κ3) is 7.02. The molecule has 4 nitrogen and oxygen atoms in total. The lowest BCUT2D eigenvalue weighted by molar-refractivity contribution is 0.0106. The van der Waals surface area contributed by atoms with Crippen LogP contribution in [0.1, 0.15) is 0 Å². The second-order valence-electron chi connectivity index (χ2n) is 4.49. The molecule has 1 aliphatic rings. The lowest BCUT2D eigenvalue weighted by atomic mass is 10.7. The summed E-state index contributed by atoms with van der Waals surface area (Å²) in [5, 5.41) is 0. The molecular formula is C10H22O4Si. The van der Waals surface area contributed by atoms with Crippen LogP contribution in [0.3, 0.4) is 0 Å². The highest BCUT2D eigenvalue weighted by molar-refractivity contribution is 6.77. The molecule has 0 aliphatic carbocycles. The summed E-state index contributed by atoms with van der Waals surface area (Å²) in [5.41, 5.74) is 0. The van der Waals surface area contributed by atoms with Gasteiger partial charge in [0.1, 0.15) is 8.07 Å². The van der Waals surface area contributed by atoms with E-state index in [-0.39, 0.29) is 0 Å². The van der Waals surface area contributed by atoms with Gasteiger partial charge in [0, 0.05) is 12.5 Å². The zero-order valence-electron chi connectivity index (χ0n) is 9.79. The molecule has 1 fully saturated rings. The van der Waals surface area contributed by atoms with E-state index in [0.29, 0.717) is 39.6 Å². The number of hydrogen-bond donors (Lipinski definition) is 0. The van der Waals surface area contributed by atoms with E-state index < -0.39 is 8.07 Å². The van der Waals surface area contributed by atoms with Crippen LogP contribution in [-0.4, -0.2) is 60.2 Å². The highest BCUT2D eigenvalue weighted by Crippen LogP contribution is 2.03. The van der Waals surface area contributed by atoms with Gasteiger partial charge in [-0.25, -0.2) is 0 Å². The van der Waals surface area contributed by atoms with Crippen molar-refractivity contribution in [2.75, 3.05) is 52.1 Å². The molecule has 1 rings (SSSR count). The molecule has 0 aromatic carbocycles. The molecule has 0 radical (unpaired) electrons. The predicted molar refractivity (Wildman–Crippen MR) is 60.8 cm³/mol. The van der Waals surface area contributed by atoms with Crippen molar-refractivity contribution in [2.24, 2.45) is 0 Å². The van der Waals surface area contributed by atoms with Gasteiger partial charge in [-0.3, -0.25) is 0 Å². The fraction of sp³-hybridized carbons (Fsp3) is 1.00. The lowest BCUT2D eigenvalue weighted by Gasteiger charge is -2.21. The van der Waals surface area contributed by atoms with Crippen molar-refractivity contribution in [3.8, 4) is 0 Å². The summed E-state index contributed by atoms with van der Waals surface area (Å²) >= 11 is 0. The van der Waals surface area contributed by atoms with Crippen LogP contribution in [0.4, 0.5) is 0 Å². The van der Waals surface area contributed by atoms with Crippen molar-refractivity contribution >= 4 is 8.07 Å². The van der Waals surface area contributed by atoms with Gasteiger partial charge in [0.25, 0.3) is 0 Å². The van der Waals surface area contributed by atoms with Crippen molar-refractivity contribution in [1.82, 2.24) is 0 Å². The first-order valence-corrected chi connectivity index (χ1v) is 8.93. The Labute approximate surface area is 92.9 Å². The molecule has 0 atom stereocenters. The highest BCUT2D eigenvalue weighted by Gasteiger charge is 2.21. The van der Waals surface area contributed by atoms with Crippen molar-refractivity contribution in [1.29, 1.82) is 0 Å². The molecule has 0 spiro atoms. The van der Waals surface area contributed by atoms with Gasteiger partial charge in [-0.2, -0.15) is 0 Å². The Morgan fingerprint density at radius 3 is 1.33 bits per heavy atom. The molecule has 1 heterocycles. The standard InChI is InChI=1S/C10H22O4Si/c1-15(2)9-13-7-5-11-3-4-12-6-8-14-10-15/h3-10H2,1-2H3. The molecule has 90 valence electrons. The first kappa shape index (κ1) is 13.1. The van der Waals surface area contributed by atoms with Crippen molar-refractivity contribution < 1.29 is 18.9 Å². The van der Waals surface area contributed by atoms with Gasteiger partial charge in [-0.15, -0.1) is 0 Å². The van der Waals surface area contributed by atoms with Gasteiger partial charge < -0.3 is 18.9 Å². The summed E-state index contributed by atoms with van der Waals surface area (Å²) < 4.78 is 21.8. The monoisotopic (exact) mass is 234 g/mol. The van der Waals surface area contributed by atoms with Gasteiger partial charge in [0.05, 0.1) is 39.6 Å². The maximum Gasteiger partial charge on any atom is 0.107 e. The van der Waals surface area contributed by atoms with Gasteiger partial charge in [0.2, 0.25) is 0 Å². The Hall–Kier alpha value is 0.0569. The molecule has 0 aromatic heterocycles. The quantitative estimate of drug-likeness (QED) is 0.582. The zero-order chi connectivity index (χ0) is 11.0. The largest absolute Gasteiger partial charge is 0.382 e. The van der Waals surface area contributed by atoms with Gasteiger partial charge in [-0.05, 0) is 0 Å². The second kappa shape index (κ2) is 7.35. The molecule has 1 saturated heterocycles. The predicted octanol–water partition coefficient (Wildman–Crippen LogP) is 0.853. The van der Waals surface area contributed by atoms with Crippen LogP contribution in [0.2, 0.25) is 13.1 Å². The summed E-state index contributed by atoms with van der Waals surface area (Å²) in [4.78, 5) is 0. The van der Waals surface area contributed by atoms with E-state index in [9.17, 15) is 0 Å². The average Bonchev–Trinajstić information content (AvgIpc) is 2.20. The molecular weight excluding hydrogens is 212 g/mol. The van der Waals surface area contributed by atoms with E-state index >= 15 is 0 Å². The van der Waals surface area contributed by atoms with Crippen LogP contribution < -0.4 is 0 Å². The molecule has 5 heteroatoms. The third-order valence-corrected chi connectivity index (χ3v) is 4.07. The Balaban J connectivity index is 2.24. The van der Waals surface area contributed by atoms with E-state index in [1.54, 1.807) is 0 Å². The summed E-state index contributed by atoms with van der Waals surface area (Å²) in [6.07, 6.45) is 1.69. The maximum absolute atomic E-state index is 5.58. The van der Waals surface area contributed by atoms with E-state index in [0.717, 1.165) is 12.5 Å². The number of ether oxygens (including phenoxy) is 4. The zero-order valence-corrected chi connectivity index (χ0v) is 10.8. The smallest absolute Gasteiger partial charge is 0.107 e. The van der Waals surface area contributed by atoms with Gasteiger partial charge in [-0.1, -0.05) is 13.1 Å². The van der Waals surface area contributed by atoms with E-state index in [1.807, 2.05) is 0 Å². The average molecular weight is 234 g/mol. The van der Waals surface area contributed by atoms with Crippen molar-refractivity contribution in [2.45, 2.75) is 13.1 Å². The first-order chi connectivity index (χ1) is 7.21. The fourth-order valence-corrected chi connectivity index (χ4v) is 2.77. The van der Waals surface area contributed by atoms with E-state index in [4.69, 9.17) is 18.9 Å². The number of rotatable bonds is 0. The minimum atomic E-state index is -1.34. The summed E-state index contributed by atoms with van der Waals surface area (Å²) in [6.45, 7) is 8.51. The Morgan fingerprint density at radius 1 is 0.600 bits per heavy atom. The fourth-order valence-electron chi connectivity index (χ4n) is 1.30. The van der Waals surface area contributed by atoms with E-state index in [1.165, 1.54) is 0 Å². The third-order valence-electron chi connectivity index (χ3n) is 2.10. The van der Waals surface area contributed by atoms with Crippen LogP contribution >= 0.6 is 0 Å². The first-order valence-electron chi connectivity index (χ1n) is 5.52. The molecule has 1 aliphatic heterocycles. The molecule has 15 heavy (non-hydrogen) atoms. The Bertz CT molecular complexity index is 148. The van der Waals surface area contributed by atoms with Crippen LogP contribution in [-0.2, 0) is 18.9 Å². The molecule has 0 saturated carbocycles. The highest BCUT2D eigenvalue weighted by atomic mass is 28.3. The molecule has 0 N–H and O–H groups in total. The summed E-state index contributed by atoms with van der Waals surface area (Å²) in [6, 6.07) is 0. The van der Waals surface area contributed by atoms with E-state index in [2.05, 4.69) is 13.1 Å². The van der Waals surface area contributed by atoms with Crippen LogP contribution in [0, 0.1) is 0 Å². The lowest BCUT2D eigenvalue weighted by Crippen LogP contribution is -2.39. The van der Waals surface area contributed by atoms with Gasteiger partial charge in [0.15, 0.2) is 0 Å². The molecule has 0 aromatic rings. The molecule has 0 amide bonds. The van der Waals surface area contributed by atoms with Crippen LogP contribution in [0.15, 0.2) is 0 Å². The minimum absolute atomic E-state index is 0.643. The van der Waals surface area contributed by atoms with Crippen LogP contribution in [0.5, 0.6) is 0 Å². The second-order valence-corrected chi connectivity index (χ2v) is 9.40. The van der Waals surface area contributed by atoms with Gasteiger partial charge >= 0.3 is 0 Å². The Kier molecular flexibility index (Phi) is 6.43. The topological polar surface area (TPSA) is 36.9 Å². The number of hydrogen-bond acceptors (Lipinski definition) is 4. The SMILES string of the molecule is C[Si]1(C)COCCOCCOCCOC1. The molecule has 0 unspecified atom stereocenters. The maximum atomic E-state index is 5.58. The minimum Gasteiger partial charge on any atom is -0.382 e. The van der Waals surface area contributed by atoms with Crippen molar-refractivity contribution in [3.63, 3.8) is 0 Å². The molecule has 0 bridgehead atoms. The van der Waals surface area contributed by atoms with Crippen LogP contribution in [0.25, 0.3) is 0 Å².